The van der Waals surface area contributed by atoms with Crippen LogP contribution in [-0.4, -0.2) is 31.8 Å². The van der Waals surface area contributed by atoms with Gasteiger partial charge in [-0.3, -0.25) is 9.59 Å². The summed E-state index contributed by atoms with van der Waals surface area (Å²) in [6.07, 6.45) is 0. The number of carbonyl (C=O) groups is 2. The second-order valence-corrected chi connectivity index (χ2v) is 4.47. The van der Waals surface area contributed by atoms with Crippen LogP contribution in [0, 0.1) is 0 Å². The van der Waals surface area contributed by atoms with Gasteiger partial charge in [-0.05, 0) is 25.2 Å². The van der Waals surface area contributed by atoms with Crippen LogP contribution in [0.1, 0.15) is 10.4 Å². The van der Waals surface area contributed by atoms with Crippen molar-refractivity contribution in [1.82, 2.24) is 5.32 Å². The number of nitrogens with one attached hydrogen (secondary N) is 1. The van der Waals surface area contributed by atoms with E-state index >= 15 is 0 Å². The Bertz CT molecular complexity index is 459. The third kappa shape index (κ3) is 1.76. The molecule has 0 aromatic heterocycles. The lowest BCUT2D eigenvalue weighted by Gasteiger charge is -2.15. The maximum Gasteiger partial charge on any atom is 0.299 e. The summed E-state index contributed by atoms with van der Waals surface area (Å²) in [7, 11) is 1.81. The van der Waals surface area contributed by atoms with Gasteiger partial charge in [-0.25, -0.2) is 0 Å². The van der Waals surface area contributed by atoms with Crippen molar-refractivity contribution in [2.24, 2.45) is 0 Å². The van der Waals surface area contributed by atoms with Crippen molar-refractivity contribution in [2.45, 2.75) is 0 Å². The number of fused-ring (bicyclic) bond motifs is 1. The Morgan fingerprint density at radius 2 is 2.12 bits per heavy atom. The fourth-order valence-electron chi connectivity index (χ4n) is 1.72. The van der Waals surface area contributed by atoms with Crippen molar-refractivity contribution < 1.29 is 9.59 Å². The second kappa shape index (κ2) is 4.35. The number of halogens is 1. The summed E-state index contributed by atoms with van der Waals surface area (Å²) in [5.41, 5.74) is 1.18. The van der Waals surface area contributed by atoms with Crippen molar-refractivity contribution in [2.75, 3.05) is 25.0 Å². The van der Waals surface area contributed by atoms with Gasteiger partial charge >= 0.3 is 0 Å². The average Bonchev–Trinajstić information content (AvgIpc) is 2.50. The van der Waals surface area contributed by atoms with E-state index in [1.165, 1.54) is 4.90 Å². The zero-order chi connectivity index (χ0) is 11.7. The Labute approximate surface area is 102 Å². The SMILES string of the molecule is CNCCN1C(=O)C(=O)c2cc(Br)ccc21. The molecule has 0 fully saturated rings. The first-order chi connectivity index (χ1) is 7.65. The van der Waals surface area contributed by atoms with Crippen molar-refractivity contribution in [3.63, 3.8) is 0 Å². The molecule has 0 bridgehead atoms. The molecule has 1 aliphatic heterocycles. The number of likely N-dealkylation sites (N-methyl/N-ethyl adjacent to an activating group) is 1. The topological polar surface area (TPSA) is 49.4 Å². The molecule has 0 saturated heterocycles. The molecule has 1 aliphatic rings. The van der Waals surface area contributed by atoms with Crippen LogP contribution >= 0.6 is 15.9 Å². The van der Waals surface area contributed by atoms with Gasteiger partial charge in [0.2, 0.25) is 0 Å². The van der Waals surface area contributed by atoms with E-state index in [4.69, 9.17) is 0 Å². The largest absolute Gasteiger partial charge is 0.318 e. The van der Waals surface area contributed by atoms with Gasteiger partial charge in [0, 0.05) is 17.6 Å². The summed E-state index contributed by atoms with van der Waals surface area (Å²) in [5, 5.41) is 2.96. The molecule has 0 radical (unpaired) electrons. The molecule has 0 aliphatic carbocycles. The lowest BCUT2D eigenvalue weighted by Crippen LogP contribution is -2.35. The number of rotatable bonds is 3. The number of nitrogens with zero attached hydrogens (tertiary/aromatic N) is 1. The summed E-state index contributed by atoms with van der Waals surface area (Å²) in [5.74, 6) is -0.865. The summed E-state index contributed by atoms with van der Waals surface area (Å²) < 4.78 is 0.808. The predicted molar refractivity (Wildman–Crippen MR) is 64.8 cm³/mol. The Balaban J connectivity index is 2.38. The van der Waals surface area contributed by atoms with Gasteiger partial charge in [0.1, 0.15) is 0 Å². The first-order valence-corrected chi connectivity index (χ1v) is 5.75. The van der Waals surface area contributed by atoms with Gasteiger partial charge in [-0.15, -0.1) is 0 Å². The highest BCUT2D eigenvalue weighted by atomic mass is 79.9. The second-order valence-electron chi connectivity index (χ2n) is 3.55. The zero-order valence-corrected chi connectivity index (χ0v) is 10.4. The highest BCUT2D eigenvalue weighted by Crippen LogP contribution is 2.30. The fourth-order valence-corrected chi connectivity index (χ4v) is 2.08. The molecular formula is C11H11BrN2O2. The number of ketones is 1. The number of anilines is 1. The van der Waals surface area contributed by atoms with Crippen LogP contribution in [0.15, 0.2) is 22.7 Å². The predicted octanol–water partition coefficient (Wildman–Crippen LogP) is 1.20. The van der Waals surface area contributed by atoms with Gasteiger partial charge < -0.3 is 10.2 Å². The van der Waals surface area contributed by atoms with Crippen LogP contribution in [0.4, 0.5) is 5.69 Å². The van der Waals surface area contributed by atoms with Gasteiger partial charge in [0.15, 0.2) is 0 Å². The molecule has 0 atom stereocenters. The Hall–Kier alpha value is -1.20. The number of Topliss-reactive ketones (excluding diaryl/α,β-unsaturated/α-hetero) is 1. The molecule has 4 nitrogen and oxygen atoms in total. The van der Waals surface area contributed by atoms with Gasteiger partial charge in [0.25, 0.3) is 11.7 Å². The Morgan fingerprint density at radius 3 is 2.81 bits per heavy atom. The van der Waals surface area contributed by atoms with Gasteiger partial charge in [-0.1, -0.05) is 15.9 Å². The lowest BCUT2D eigenvalue weighted by atomic mass is 10.1. The quantitative estimate of drug-likeness (QED) is 0.848. The summed E-state index contributed by atoms with van der Waals surface area (Å²) in [6, 6.07) is 5.31. The zero-order valence-electron chi connectivity index (χ0n) is 8.79. The van der Waals surface area contributed by atoms with E-state index in [1.807, 2.05) is 13.1 Å². The average molecular weight is 283 g/mol. The van der Waals surface area contributed by atoms with Crippen LogP contribution in [0.25, 0.3) is 0 Å². The molecule has 1 heterocycles. The number of benzene rings is 1. The van der Waals surface area contributed by atoms with Crippen LogP contribution in [0.5, 0.6) is 0 Å². The maximum atomic E-state index is 11.7. The van der Waals surface area contributed by atoms with Crippen molar-refractivity contribution in [3.05, 3.63) is 28.2 Å². The normalized spacial score (nSPS) is 14.5. The third-order valence-corrected chi connectivity index (χ3v) is 3.01. The van der Waals surface area contributed by atoms with Crippen LogP contribution in [-0.2, 0) is 4.79 Å². The highest BCUT2D eigenvalue weighted by molar-refractivity contribution is 9.10. The Morgan fingerprint density at radius 1 is 1.38 bits per heavy atom. The van der Waals surface area contributed by atoms with Gasteiger partial charge in [-0.2, -0.15) is 0 Å². The van der Waals surface area contributed by atoms with E-state index in [-0.39, 0.29) is 0 Å². The minimum absolute atomic E-state index is 0.424. The molecule has 0 unspecified atom stereocenters. The van der Waals surface area contributed by atoms with Crippen molar-refractivity contribution in [1.29, 1.82) is 0 Å². The molecule has 1 aromatic carbocycles. The highest BCUT2D eigenvalue weighted by Gasteiger charge is 2.35. The molecule has 1 aromatic rings. The molecule has 0 spiro atoms. The van der Waals surface area contributed by atoms with Crippen LogP contribution in [0.2, 0.25) is 0 Å². The van der Waals surface area contributed by atoms with E-state index < -0.39 is 11.7 Å². The summed E-state index contributed by atoms with van der Waals surface area (Å²) in [4.78, 5) is 24.9. The molecule has 1 amide bonds. The first-order valence-electron chi connectivity index (χ1n) is 4.95. The molecule has 0 saturated carbocycles. The van der Waals surface area contributed by atoms with Gasteiger partial charge in [0.05, 0.1) is 11.3 Å². The summed E-state index contributed by atoms with van der Waals surface area (Å²) in [6.45, 7) is 1.17. The van der Waals surface area contributed by atoms with Crippen molar-refractivity contribution >= 4 is 33.3 Å². The number of carbonyl (C=O) groups excluding carboxylic acids is 2. The van der Waals surface area contributed by atoms with E-state index in [0.717, 1.165) is 4.47 Å². The van der Waals surface area contributed by atoms with Crippen LogP contribution < -0.4 is 10.2 Å². The molecule has 5 heteroatoms. The number of hydrogen-bond acceptors (Lipinski definition) is 3. The minimum Gasteiger partial charge on any atom is -0.318 e. The smallest absolute Gasteiger partial charge is 0.299 e. The molecule has 16 heavy (non-hydrogen) atoms. The molecule has 84 valence electrons. The fraction of sp³-hybridized carbons (Fsp3) is 0.273. The lowest BCUT2D eigenvalue weighted by molar-refractivity contribution is -0.114. The monoisotopic (exact) mass is 282 g/mol. The van der Waals surface area contributed by atoms with Crippen molar-refractivity contribution in [3.8, 4) is 0 Å². The van der Waals surface area contributed by atoms with Crippen LogP contribution in [0.3, 0.4) is 0 Å². The number of hydrogen-bond donors (Lipinski definition) is 1. The summed E-state index contributed by atoms with van der Waals surface area (Å²) >= 11 is 3.29. The van der Waals surface area contributed by atoms with E-state index in [9.17, 15) is 9.59 Å². The molecule has 1 N–H and O–H groups in total. The molecular weight excluding hydrogens is 272 g/mol. The van der Waals surface area contributed by atoms with E-state index in [0.29, 0.717) is 24.3 Å². The molecule has 2 rings (SSSR count). The number of amides is 1. The minimum atomic E-state index is -0.441. The third-order valence-electron chi connectivity index (χ3n) is 2.52. The van der Waals surface area contributed by atoms with E-state index in [1.54, 1.807) is 12.1 Å². The maximum absolute atomic E-state index is 11.7. The standard InChI is InChI=1S/C11H11BrN2O2/c1-13-4-5-14-9-3-2-7(12)6-8(9)10(15)11(14)16/h2-3,6,13H,4-5H2,1H3. The first kappa shape index (κ1) is 11.3. The Kier molecular flexibility index (Phi) is 3.07. The van der Waals surface area contributed by atoms with E-state index in [2.05, 4.69) is 21.2 Å².